The monoisotopic (exact) mass is 339 g/mol. The standard InChI is InChI=1S/C12H21N3O4S.ClH/c1-3-19-11(17)10(14-9(2)16)8-12(20-15-18)4-6-13-7-5-12;/h10,13H,3-8H2,1-2H3,(H,14,16);1H. The Balaban J connectivity index is 0.00000400. The third-order valence-corrected chi connectivity index (χ3v) is 4.31. The van der Waals surface area contributed by atoms with Crippen molar-refractivity contribution < 1.29 is 14.3 Å². The molecule has 122 valence electrons. The average molecular weight is 340 g/mol. The van der Waals surface area contributed by atoms with Gasteiger partial charge in [0.15, 0.2) is 0 Å². The molecule has 0 saturated carbocycles. The molecule has 1 rings (SSSR count). The summed E-state index contributed by atoms with van der Waals surface area (Å²) in [6.45, 7) is 4.84. The minimum atomic E-state index is -0.736. The molecule has 1 unspecified atom stereocenters. The number of piperidine rings is 1. The van der Waals surface area contributed by atoms with Crippen LogP contribution >= 0.6 is 24.4 Å². The average Bonchev–Trinajstić information content (AvgIpc) is 2.39. The van der Waals surface area contributed by atoms with Crippen LogP contribution < -0.4 is 10.6 Å². The summed E-state index contributed by atoms with van der Waals surface area (Å²) in [5.41, 5.74) is 0. The smallest absolute Gasteiger partial charge is 0.328 e. The van der Waals surface area contributed by atoms with E-state index in [9.17, 15) is 14.5 Å². The van der Waals surface area contributed by atoms with Crippen molar-refractivity contribution in [1.29, 1.82) is 0 Å². The van der Waals surface area contributed by atoms with Crippen molar-refractivity contribution in [2.45, 2.75) is 43.9 Å². The van der Waals surface area contributed by atoms with Gasteiger partial charge in [0.25, 0.3) is 0 Å². The first-order chi connectivity index (χ1) is 9.53. The number of carbonyl (C=O) groups is 2. The van der Waals surface area contributed by atoms with Crippen LogP contribution in [0.5, 0.6) is 0 Å². The molecule has 1 aliphatic rings. The summed E-state index contributed by atoms with van der Waals surface area (Å²) < 4.78 is 7.50. The molecule has 0 aromatic rings. The van der Waals surface area contributed by atoms with E-state index in [0.717, 1.165) is 37.9 Å². The lowest BCUT2D eigenvalue weighted by Gasteiger charge is -2.36. The molecule has 0 aliphatic carbocycles. The molecule has 1 fully saturated rings. The number of nitrogens with one attached hydrogen (secondary N) is 2. The molecule has 2 N–H and O–H groups in total. The van der Waals surface area contributed by atoms with Crippen molar-refractivity contribution in [3.05, 3.63) is 4.91 Å². The van der Waals surface area contributed by atoms with E-state index in [1.165, 1.54) is 6.92 Å². The molecule has 9 heteroatoms. The van der Waals surface area contributed by atoms with Crippen LogP contribution in [0.1, 0.15) is 33.1 Å². The van der Waals surface area contributed by atoms with Gasteiger partial charge in [-0.25, -0.2) is 4.79 Å². The predicted octanol–water partition coefficient (Wildman–Crippen LogP) is 1.40. The van der Waals surface area contributed by atoms with Gasteiger partial charge in [-0.2, -0.15) is 0 Å². The fourth-order valence-electron chi connectivity index (χ4n) is 2.35. The van der Waals surface area contributed by atoms with E-state index in [2.05, 4.69) is 15.2 Å². The summed E-state index contributed by atoms with van der Waals surface area (Å²) >= 11 is 0.961. The minimum absolute atomic E-state index is 0. The number of nitroso groups, excluding NO2 is 1. The lowest BCUT2D eigenvalue weighted by Crippen LogP contribution is -2.49. The van der Waals surface area contributed by atoms with Gasteiger partial charge in [0, 0.05) is 28.2 Å². The first-order valence-electron chi connectivity index (χ1n) is 6.68. The van der Waals surface area contributed by atoms with Gasteiger partial charge in [0.2, 0.25) is 5.91 Å². The third-order valence-electron chi connectivity index (χ3n) is 3.27. The van der Waals surface area contributed by atoms with E-state index in [4.69, 9.17) is 4.74 Å². The van der Waals surface area contributed by atoms with E-state index in [0.29, 0.717) is 6.42 Å². The first kappa shape index (κ1) is 20.1. The Morgan fingerprint density at radius 1 is 1.43 bits per heavy atom. The molecule has 0 bridgehead atoms. The van der Waals surface area contributed by atoms with Gasteiger partial charge in [-0.1, -0.05) is 0 Å². The SMILES string of the molecule is CCOC(=O)C(CC1(SN=O)CCNCC1)NC(C)=O.Cl. The molecule has 1 heterocycles. The lowest BCUT2D eigenvalue weighted by atomic mass is 9.89. The zero-order valence-electron chi connectivity index (χ0n) is 12.2. The van der Waals surface area contributed by atoms with Crippen LogP contribution in [0, 0.1) is 4.91 Å². The number of hydrogen-bond donors (Lipinski definition) is 2. The molecule has 21 heavy (non-hydrogen) atoms. The normalized spacial score (nSPS) is 18.0. The molecular formula is C12H22ClN3O4S. The number of carbonyl (C=O) groups excluding carboxylic acids is 2. The third kappa shape index (κ3) is 6.62. The Morgan fingerprint density at radius 3 is 2.52 bits per heavy atom. The van der Waals surface area contributed by atoms with E-state index in [1.807, 2.05) is 0 Å². The maximum Gasteiger partial charge on any atom is 0.328 e. The second-order valence-corrected chi connectivity index (χ2v) is 6.01. The molecule has 1 amide bonds. The quantitative estimate of drug-likeness (QED) is 0.413. The van der Waals surface area contributed by atoms with E-state index >= 15 is 0 Å². The number of ether oxygens (including phenoxy) is 1. The van der Waals surface area contributed by atoms with Crippen molar-refractivity contribution >= 4 is 36.2 Å². The maximum atomic E-state index is 11.9. The zero-order chi connectivity index (χ0) is 15.0. The highest BCUT2D eigenvalue weighted by Crippen LogP contribution is 2.39. The lowest BCUT2D eigenvalue weighted by molar-refractivity contribution is -0.147. The Kier molecular flexibility index (Phi) is 9.56. The van der Waals surface area contributed by atoms with Gasteiger partial charge >= 0.3 is 5.97 Å². The highest BCUT2D eigenvalue weighted by atomic mass is 35.5. The predicted molar refractivity (Wildman–Crippen MR) is 84.3 cm³/mol. The van der Waals surface area contributed by atoms with Crippen LogP contribution in [0.25, 0.3) is 0 Å². The summed E-state index contributed by atoms with van der Waals surface area (Å²) in [6, 6.07) is -0.736. The van der Waals surface area contributed by atoms with Crippen molar-refractivity contribution in [3.8, 4) is 0 Å². The largest absolute Gasteiger partial charge is 0.464 e. The molecular weight excluding hydrogens is 318 g/mol. The van der Waals surface area contributed by atoms with E-state index in [-0.39, 0.29) is 24.9 Å². The van der Waals surface area contributed by atoms with Crippen LogP contribution in [0.2, 0.25) is 0 Å². The Bertz CT molecular complexity index is 364. The highest BCUT2D eigenvalue weighted by Gasteiger charge is 2.39. The minimum Gasteiger partial charge on any atom is -0.464 e. The first-order valence-corrected chi connectivity index (χ1v) is 7.45. The van der Waals surface area contributed by atoms with Crippen LogP contribution in [0.3, 0.4) is 0 Å². The number of nitrogens with zero attached hydrogens (tertiary/aromatic N) is 1. The van der Waals surface area contributed by atoms with Crippen molar-refractivity contribution in [1.82, 2.24) is 10.6 Å². The van der Waals surface area contributed by atoms with Crippen LogP contribution in [0.4, 0.5) is 0 Å². The van der Waals surface area contributed by atoms with E-state index in [1.54, 1.807) is 6.92 Å². The molecule has 0 spiro atoms. The van der Waals surface area contributed by atoms with Gasteiger partial charge in [-0.15, -0.1) is 17.3 Å². The summed E-state index contributed by atoms with van der Waals surface area (Å²) in [4.78, 5) is 33.8. The van der Waals surface area contributed by atoms with Crippen LogP contribution in [0.15, 0.2) is 4.58 Å². The molecule has 0 aromatic heterocycles. The number of halogens is 1. The summed E-state index contributed by atoms with van der Waals surface area (Å²) in [5, 5.41) is 5.81. The van der Waals surface area contributed by atoms with Gasteiger partial charge < -0.3 is 15.4 Å². The summed E-state index contributed by atoms with van der Waals surface area (Å²) in [7, 11) is 0. The fraction of sp³-hybridized carbons (Fsp3) is 0.833. The Morgan fingerprint density at radius 2 is 2.05 bits per heavy atom. The fourth-order valence-corrected chi connectivity index (χ4v) is 3.13. The van der Waals surface area contributed by atoms with Gasteiger partial charge in [0.05, 0.1) is 6.61 Å². The summed E-state index contributed by atoms with van der Waals surface area (Å²) in [5.74, 6) is -0.761. The number of amides is 1. The second kappa shape index (κ2) is 9.97. The topological polar surface area (TPSA) is 96.9 Å². The molecule has 1 aliphatic heterocycles. The second-order valence-electron chi connectivity index (χ2n) is 4.81. The number of hydrogen-bond acceptors (Lipinski definition) is 7. The van der Waals surface area contributed by atoms with Gasteiger partial charge in [-0.3, -0.25) is 4.79 Å². The van der Waals surface area contributed by atoms with Gasteiger partial charge in [-0.05, 0) is 39.3 Å². The van der Waals surface area contributed by atoms with Crippen molar-refractivity contribution in [2.75, 3.05) is 19.7 Å². The molecule has 0 aromatic carbocycles. The molecule has 7 nitrogen and oxygen atoms in total. The number of rotatable bonds is 7. The molecule has 1 saturated heterocycles. The Hall–Kier alpha value is -0.860. The van der Waals surface area contributed by atoms with Gasteiger partial charge in [0.1, 0.15) is 6.04 Å². The van der Waals surface area contributed by atoms with Crippen LogP contribution in [-0.2, 0) is 14.3 Å². The number of esters is 1. The molecule has 0 radical (unpaired) electrons. The van der Waals surface area contributed by atoms with Crippen molar-refractivity contribution in [3.63, 3.8) is 0 Å². The maximum absolute atomic E-state index is 11.9. The highest BCUT2D eigenvalue weighted by molar-refractivity contribution is 7.99. The van der Waals surface area contributed by atoms with E-state index < -0.39 is 16.8 Å². The van der Waals surface area contributed by atoms with Crippen LogP contribution in [-0.4, -0.2) is 42.4 Å². The summed E-state index contributed by atoms with van der Waals surface area (Å²) in [6.07, 6.45) is 1.79. The van der Waals surface area contributed by atoms with Crippen molar-refractivity contribution in [2.24, 2.45) is 4.58 Å². The zero-order valence-corrected chi connectivity index (χ0v) is 13.8. The molecule has 1 atom stereocenters. The Labute approximate surface area is 134 Å².